The van der Waals surface area contributed by atoms with E-state index in [1.807, 2.05) is 25.1 Å². The maximum atomic E-state index is 10.5. The normalized spacial score (nSPS) is 22.6. The van der Waals surface area contributed by atoms with E-state index in [2.05, 4.69) is 0 Å². The summed E-state index contributed by atoms with van der Waals surface area (Å²) in [7, 11) is 4.72. The molecule has 7 heteroatoms. The van der Waals surface area contributed by atoms with Gasteiger partial charge in [-0.05, 0) is 23.8 Å². The SMILES string of the molecule is COc1cc([C@@H]2c3cc4c(cc3O[C@H](O)[C@H]2C)OCO4)cc(OC)c1OC. The quantitative estimate of drug-likeness (QED) is 0.882. The lowest BCUT2D eigenvalue weighted by molar-refractivity contribution is -0.0729. The van der Waals surface area contributed by atoms with Crippen molar-refractivity contribution in [1.29, 1.82) is 0 Å². The van der Waals surface area contributed by atoms with E-state index < -0.39 is 6.29 Å². The van der Waals surface area contributed by atoms with Crippen molar-refractivity contribution in [2.45, 2.75) is 19.1 Å². The van der Waals surface area contributed by atoms with Crippen LogP contribution in [0.1, 0.15) is 24.0 Å². The maximum absolute atomic E-state index is 10.5. The summed E-state index contributed by atoms with van der Waals surface area (Å²) in [6.45, 7) is 2.11. The summed E-state index contributed by atoms with van der Waals surface area (Å²) >= 11 is 0. The molecule has 2 aliphatic heterocycles. The summed E-state index contributed by atoms with van der Waals surface area (Å²) < 4.78 is 33.1. The summed E-state index contributed by atoms with van der Waals surface area (Å²) in [5.41, 5.74) is 1.82. The Morgan fingerprint density at radius 3 is 2.11 bits per heavy atom. The molecule has 27 heavy (non-hydrogen) atoms. The first kappa shape index (κ1) is 17.6. The van der Waals surface area contributed by atoms with Crippen LogP contribution in [0.2, 0.25) is 0 Å². The van der Waals surface area contributed by atoms with Gasteiger partial charge in [-0.2, -0.15) is 0 Å². The van der Waals surface area contributed by atoms with E-state index in [1.165, 1.54) is 0 Å². The molecule has 144 valence electrons. The van der Waals surface area contributed by atoms with Crippen LogP contribution in [0.5, 0.6) is 34.5 Å². The third-order valence-corrected chi connectivity index (χ3v) is 5.11. The fourth-order valence-electron chi connectivity index (χ4n) is 3.73. The smallest absolute Gasteiger partial charge is 0.231 e. The lowest BCUT2D eigenvalue weighted by Gasteiger charge is -2.36. The van der Waals surface area contributed by atoms with Gasteiger partial charge in [-0.3, -0.25) is 0 Å². The van der Waals surface area contributed by atoms with Gasteiger partial charge < -0.3 is 33.5 Å². The second-order valence-corrected chi connectivity index (χ2v) is 6.55. The van der Waals surface area contributed by atoms with Crippen LogP contribution < -0.4 is 28.4 Å². The summed E-state index contributed by atoms with van der Waals surface area (Å²) in [5.74, 6) is 3.12. The van der Waals surface area contributed by atoms with Gasteiger partial charge in [0.2, 0.25) is 18.8 Å². The number of hydrogen-bond acceptors (Lipinski definition) is 7. The molecule has 0 amide bonds. The Morgan fingerprint density at radius 1 is 0.889 bits per heavy atom. The van der Waals surface area contributed by atoms with Gasteiger partial charge in [0.25, 0.3) is 0 Å². The summed E-state index contributed by atoms with van der Waals surface area (Å²) in [6, 6.07) is 7.47. The molecule has 4 rings (SSSR count). The van der Waals surface area contributed by atoms with Crippen molar-refractivity contribution in [3.63, 3.8) is 0 Å². The van der Waals surface area contributed by atoms with Gasteiger partial charge in [-0.1, -0.05) is 6.92 Å². The van der Waals surface area contributed by atoms with Crippen LogP contribution in [0.25, 0.3) is 0 Å². The summed E-state index contributed by atoms with van der Waals surface area (Å²) in [6.07, 6.45) is -0.957. The number of ether oxygens (including phenoxy) is 6. The molecule has 0 fully saturated rings. The van der Waals surface area contributed by atoms with Gasteiger partial charge in [0.1, 0.15) is 5.75 Å². The zero-order valence-electron chi connectivity index (χ0n) is 15.6. The van der Waals surface area contributed by atoms with Crippen LogP contribution in [0, 0.1) is 5.92 Å². The lowest BCUT2D eigenvalue weighted by atomic mass is 9.79. The maximum Gasteiger partial charge on any atom is 0.231 e. The molecule has 0 radical (unpaired) electrons. The minimum atomic E-state index is -0.957. The highest BCUT2D eigenvalue weighted by atomic mass is 16.7. The van der Waals surface area contributed by atoms with E-state index in [0.717, 1.165) is 11.1 Å². The van der Waals surface area contributed by atoms with E-state index in [0.29, 0.717) is 34.5 Å². The average Bonchev–Trinajstić information content (AvgIpc) is 3.13. The molecule has 0 bridgehead atoms. The van der Waals surface area contributed by atoms with Gasteiger partial charge in [0.15, 0.2) is 23.0 Å². The van der Waals surface area contributed by atoms with Crippen LogP contribution in [0.4, 0.5) is 0 Å². The third kappa shape index (κ3) is 2.78. The number of methoxy groups -OCH3 is 3. The minimum Gasteiger partial charge on any atom is -0.493 e. The predicted molar refractivity (Wildman–Crippen MR) is 96.3 cm³/mol. The van der Waals surface area contributed by atoms with Gasteiger partial charge in [0.05, 0.1) is 21.3 Å². The number of rotatable bonds is 4. The standard InChI is InChI=1S/C20H22O7/c1-10-18(11-5-16(22-2)19(24-4)17(6-11)23-3)12-7-14-15(26-9-25-14)8-13(12)27-20(10)21/h5-8,10,18,20-21H,9H2,1-4H3/t10-,18+,20-/m0/s1. The van der Waals surface area contributed by atoms with Crippen molar-refractivity contribution in [2.24, 2.45) is 5.92 Å². The first-order valence-corrected chi connectivity index (χ1v) is 8.65. The Balaban J connectivity index is 1.88. The number of aliphatic hydroxyl groups excluding tert-OH is 1. The van der Waals surface area contributed by atoms with E-state index in [1.54, 1.807) is 27.4 Å². The molecule has 0 saturated carbocycles. The van der Waals surface area contributed by atoms with Gasteiger partial charge in [-0.25, -0.2) is 0 Å². The molecule has 0 aliphatic carbocycles. The Labute approximate surface area is 157 Å². The molecule has 2 aromatic rings. The highest BCUT2D eigenvalue weighted by molar-refractivity contribution is 5.59. The third-order valence-electron chi connectivity index (χ3n) is 5.11. The number of aliphatic hydroxyl groups is 1. The molecular weight excluding hydrogens is 352 g/mol. The lowest BCUT2D eigenvalue weighted by Crippen LogP contribution is -2.34. The van der Waals surface area contributed by atoms with Crippen LogP contribution in [0.3, 0.4) is 0 Å². The van der Waals surface area contributed by atoms with Crippen molar-refractivity contribution < 1.29 is 33.5 Å². The Bertz CT molecular complexity index is 839. The topological polar surface area (TPSA) is 75.6 Å². The Morgan fingerprint density at radius 2 is 1.52 bits per heavy atom. The first-order valence-electron chi connectivity index (χ1n) is 8.65. The Hall–Kier alpha value is -2.80. The fourth-order valence-corrected chi connectivity index (χ4v) is 3.73. The molecule has 1 N–H and O–H groups in total. The van der Waals surface area contributed by atoms with Crippen LogP contribution in [0.15, 0.2) is 24.3 Å². The summed E-state index contributed by atoms with van der Waals surface area (Å²) in [4.78, 5) is 0. The first-order chi connectivity index (χ1) is 13.1. The van der Waals surface area contributed by atoms with E-state index >= 15 is 0 Å². The van der Waals surface area contributed by atoms with E-state index in [4.69, 9.17) is 28.4 Å². The molecule has 2 aromatic carbocycles. The van der Waals surface area contributed by atoms with Gasteiger partial charge in [-0.15, -0.1) is 0 Å². The van der Waals surface area contributed by atoms with Crippen LogP contribution in [-0.4, -0.2) is 39.5 Å². The van der Waals surface area contributed by atoms with Gasteiger partial charge >= 0.3 is 0 Å². The predicted octanol–water partition coefficient (Wildman–Crippen LogP) is 2.92. The molecular formula is C20H22O7. The average molecular weight is 374 g/mol. The molecule has 0 saturated heterocycles. The van der Waals surface area contributed by atoms with Crippen molar-refractivity contribution in [2.75, 3.05) is 28.1 Å². The number of hydrogen-bond donors (Lipinski definition) is 1. The molecule has 0 spiro atoms. The molecule has 2 heterocycles. The fraction of sp³-hybridized carbons (Fsp3) is 0.400. The monoisotopic (exact) mass is 374 g/mol. The van der Waals surface area contributed by atoms with Crippen molar-refractivity contribution >= 4 is 0 Å². The van der Waals surface area contributed by atoms with Crippen LogP contribution in [-0.2, 0) is 0 Å². The van der Waals surface area contributed by atoms with Crippen molar-refractivity contribution in [3.05, 3.63) is 35.4 Å². The zero-order valence-corrected chi connectivity index (χ0v) is 15.6. The van der Waals surface area contributed by atoms with Crippen molar-refractivity contribution in [1.82, 2.24) is 0 Å². The highest BCUT2D eigenvalue weighted by Gasteiger charge is 2.38. The van der Waals surface area contributed by atoms with Gasteiger partial charge in [0, 0.05) is 23.5 Å². The zero-order chi connectivity index (χ0) is 19.1. The highest BCUT2D eigenvalue weighted by Crippen LogP contribution is 2.51. The minimum absolute atomic E-state index is 0.160. The van der Waals surface area contributed by atoms with Crippen molar-refractivity contribution in [3.8, 4) is 34.5 Å². The molecule has 0 unspecified atom stereocenters. The summed E-state index contributed by atoms with van der Waals surface area (Å²) in [5, 5.41) is 10.5. The van der Waals surface area contributed by atoms with Crippen LogP contribution >= 0.6 is 0 Å². The van der Waals surface area contributed by atoms with E-state index in [-0.39, 0.29) is 18.6 Å². The molecule has 0 aromatic heterocycles. The van der Waals surface area contributed by atoms with E-state index in [9.17, 15) is 5.11 Å². The molecule has 2 aliphatic rings. The number of fused-ring (bicyclic) bond motifs is 2. The molecule has 3 atom stereocenters. The number of benzene rings is 2. The second kappa shape index (κ2) is 6.74. The molecule has 7 nitrogen and oxygen atoms in total. The largest absolute Gasteiger partial charge is 0.493 e. The second-order valence-electron chi connectivity index (χ2n) is 6.55. The Kier molecular flexibility index (Phi) is 4.39.